The van der Waals surface area contributed by atoms with Crippen molar-refractivity contribution in [1.29, 1.82) is 0 Å². The van der Waals surface area contributed by atoms with Crippen LogP contribution in [-0.2, 0) is 9.53 Å². The van der Waals surface area contributed by atoms with E-state index < -0.39 is 0 Å². The number of carboxylic acid groups (broad SMARTS) is 1. The van der Waals surface area contributed by atoms with E-state index in [2.05, 4.69) is 5.32 Å². The molecule has 3 N–H and O–H groups in total. The Kier molecular flexibility index (Phi) is 7.02. The zero-order valence-corrected chi connectivity index (χ0v) is 6.19. The van der Waals surface area contributed by atoms with E-state index in [1.54, 1.807) is 0 Å². The molecular weight excluding hydrogens is 150 g/mol. The number of ether oxygens (including phenoxy) is 1. The first-order chi connectivity index (χ1) is 5.31. The normalized spacial score (nSPS) is 24.3. The predicted molar refractivity (Wildman–Crippen MR) is 38.4 cm³/mol. The number of carbonyl (C=O) groups is 1. The SMILES string of the molecule is O=CO.OC1CNCCOC1. The Morgan fingerprint density at radius 2 is 2.27 bits per heavy atom. The van der Waals surface area contributed by atoms with Gasteiger partial charge in [0.15, 0.2) is 0 Å². The molecule has 1 fully saturated rings. The fourth-order valence-corrected chi connectivity index (χ4v) is 0.691. The van der Waals surface area contributed by atoms with Crippen LogP contribution in [-0.4, -0.2) is 49.1 Å². The second-order valence-corrected chi connectivity index (χ2v) is 2.04. The third kappa shape index (κ3) is 7.24. The van der Waals surface area contributed by atoms with Crippen molar-refractivity contribution in [3.05, 3.63) is 0 Å². The zero-order valence-electron chi connectivity index (χ0n) is 6.19. The van der Waals surface area contributed by atoms with Gasteiger partial charge in [0.05, 0.1) is 19.3 Å². The zero-order chi connectivity index (χ0) is 8.53. The third-order valence-corrected chi connectivity index (χ3v) is 1.11. The maximum absolute atomic E-state index is 8.90. The average molecular weight is 163 g/mol. The average Bonchev–Trinajstić information content (AvgIpc) is 2.18. The lowest BCUT2D eigenvalue weighted by atomic mass is 10.4. The van der Waals surface area contributed by atoms with Crippen molar-refractivity contribution in [2.45, 2.75) is 6.10 Å². The van der Waals surface area contributed by atoms with Gasteiger partial charge in [0.1, 0.15) is 0 Å². The van der Waals surface area contributed by atoms with Crippen LogP contribution in [0.1, 0.15) is 0 Å². The summed E-state index contributed by atoms with van der Waals surface area (Å²) in [7, 11) is 0. The van der Waals surface area contributed by atoms with Crippen LogP contribution in [0.2, 0.25) is 0 Å². The van der Waals surface area contributed by atoms with Gasteiger partial charge in [-0.25, -0.2) is 0 Å². The van der Waals surface area contributed by atoms with Crippen LogP contribution in [0.15, 0.2) is 0 Å². The van der Waals surface area contributed by atoms with Crippen molar-refractivity contribution >= 4 is 6.47 Å². The Morgan fingerprint density at radius 1 is 1.64 bits per heavy atom. The Balaban J connectivity index is 0.000000292. The molecule has 0 aromatic rings. The summed E-state index contributed by atoms with van der Waals surface area (Å²) in [5.41, 5.74) is 0. The first-order valence-corrected chi connectivity index (χ1v) is 3.35. The van der Waals surface area contributed by atoms with Crippen molar-refractivity contribution in [2.24, 2.45) is 0 Å². The molecule has 0 aromatic heterocycles. The fraction of sp³-hybridized carbons (Fsp3) is 0.833. The van der Waals surface area contributed by atoms with Crippen LogP contribution in [0.25, 0.3) is 0 Å². The van der Waals surface area contributed by atoms with Crippen LogP contribution >= 0.6 is 0 Å². The highest BCUT2D eigenvalue weighted by atomic mass is 16.5. The summed E-state index contributed by atoms with van der Waals surface area (Å²) in [5.74, 6) is 0. The summed E-state index contributed by atoms with van der Waals surface area (Å²) >= 11 is 0. The maximum atomic E-state index is 8.90. The van der Waals surface area contributed by atoms with Gasteiger partial charge in [0.25, 0.3) is 6.47 Å². The molecule has 11 heavy (non-hydrogen) atoms. The Bertz CT molecular complexity index is 90.6. The van der Waals surface area contributed by atoms with E-state index >= 15 is 0 Å². The molecule has 5 heteroatoms. The molecule has 1 atom stereocenters. The van der Waals surface area contributed by atoms with Crippen molar-refractivity contribution < 1.29 is 19.7 Å². The lowest BCUT2D eigenvalue weighted by Gasteiger charge is -2.02. The second-order valence-electron chi connectivity index (χ2n) is 2.04. The minimum absolute atomic E-state index is 0.250. The first kappa shape index (κ1) is 10.3. The maximum Gasteiger partial charge on any atom is 0.290 e. The van der Waals surface area contributed by atoms with Gasteiger partial charge in [-0.1, -0.05) is 0 Å². The molecular formula is C6H13NO4. The summed E-state index contributed by atoms with van der Waals surface area (Å²) < 4.78 is 4.99. The number of β-amino-alcohol motifs (C(OH)–C–C–N with tert-alkyl or cyclic N) is 1. The quantitative estimate of drug-likeness (QED) is 0.385. The smallest absolute Gasteiger partial charge is 0.290 e. The highest BCUT2D eigenvalue weighted by Crippen LogP contribution is 1.86. The molecule has 1 aliphatic rings. The van der Waals surface area contributed by atoms with Crippen molar-refractivity contribution in [3.63, 3.8) is 0 Å². The standard InChI is InChI=1S/C5H11NO2.CH2O2/c7-5-3-6-1-2-8-4-5;2-1-3/h5-7H,1-4H2;1H,(H,2,3). The minimum Gasteiger partial charge on any atom is -0.483 e. The van der Waals surface area contributed by atoms with Gasteiger partial charge >= 0.3 is 0 Å². The van der Waals surface area contributed by atoms with E-state index in [0.717, 1.165) is 13.2 Å². The molecule has 0 radical (unpaired) electrons. The van der Waals surface area contributed by atoms with Crippen LogP contribution in [0.5, 0.6) is 0 Å². The summed E-state index contributed by atoms with van der Waals surface area (Å²) in [6.45, 7) is 2.47. The van der Waals surface area contributed by atoms with Crippen LogP contribution < -0.4 is 5.32 Å². The van der Waals surface area contributed by atoms with Crippen LogP contribution in [0.3, 0.4) is 0 Å². The Labute approximate surface area is 65.0 Å². The predicted octanol–water partition coefficient (Wildman–Crippen LogP) is -1.33. The summed E-state index contributed by atoms with van der Waals surface area (Å²) in [6.07, 6.45) is -0.308. The fourth-order valence-electron chi connectivity index (χ4n) is 0.691. The highest BCUT2D eigenvalue weighted by Gasteiger charge is 2.05. The van der Waals surface area contributed by atoms with E-state index in [1.807, 2.05) is 0 Å². The van der Waals surface area contributed by atoms with Gasteiger partial charge in [-0.2, -0.15) is 0 Å². The largest absolute Gasteiger partial charge is 0.483 e. The lowest BCUT2D eigenvalue weighted by molar-refractivity contribution is -0.122. The number of aliphatic hydroxyl groups excluding tert-OH is 1. The monoisotopic (exact) mass is 163 g/mol. The van der Waals surface area contributed by atoms with E-state index in [0.29, 0.717) is 13.2 Å². The first-order valence-electron chi connectivity index (χ1n) is 3.35. The van der Waals surface area contributed by atoms with Gasteiger partial charge in [-0.15, -0.1) is 0 Å². The summed E-state index contributed by atoms with van der Waals surface area (Å²) in [4.78, 5) is 8.36. The molecule has 66 valence electrons. The molecule has 1 heterocycles. The number of nitrogens with one attached hydrogen (secondary N) is 1. The number of rotatable bonds is 0. The Morgan fingerprint density at radius 3 is 2.91 bits per heavy atom. The molecule has 0 amide bonds. The summed E-state index contributed by atoms with van der Waals surface area (Å²) in [5, 5.41) is 18.8. The molecule has 0 spiro atoms. The number of hydrogen-bond donors (Lipinski definition) is 3. The van der Waals surface area contributed by atoms with Gasteiger partial charge in [-0.05, 0) is 0 Å². The molecule has 0 aromatic carbocycles. The minimum atomic E-state index is -0.308. The van der Waals surface area contributed by atoms with Crippen LogP contribution in [0, 0.1) is 0 Å². The lowest BCUT2D eigenvalue weighted by Crippen LogP contribution is -2.26. The number of hydrogen-bond acceptors (Lipinski definition) is 4. The molecule has 1 saturated heterocycles. The van der Waals surface area contributed by atoms with Crippen molar-refractivity contribution in [1.82, 2.24) is 5.32 Å². The van der Waals surface area contributed by atoms with Crippen molar-refractivity contribution in [3.8, 4) is 0 Å². The molecule has 1 rings (SSSR count). The third-order valence-electron chi connectivity index (χ3n) is 1.11. The van der Waals surface area contributed by atoms with E-state index in [-0.39, 0.29) is 12.6 Å². The van der Waals surface area contributed by atoms with Crippen LogP contribution in [0.4, 0.5) is 0 Å². The molecule has 1 unspecified atom stereocenters. The second kappa shape index (κ2) is 7.46. The Hall–Kier alpha value is -0.650. The van der Waals surface area contributed by atoms with E-state index in [9.17, 15) is 0 Å². The molecule has 0 aliphatic carbocycles. The molecule has 1 aliphatic heterocycles. The van der Waals surface area contributed by atoms with Gasteiger partial charge in [0.2, 0.25) is 0 Å². The number of aliphatic hydroxyl groups is 1. The van der Waals surface area contributed by atoms with Gasteiger partial charge in [-0.3, -0.25) is 4.79 Å². The molecule has 0 bridgehead atoms. The molecule has 0 saturated carbocycles. The van der Waals surface area contributed by atoms with Gasteiger partial charge in [0, 0.05) is 13.1 Å². The summed E-state index contributed by atoms with van der Waals surface area (Å²) in [6, 6.07) is 0. The topological polar surface area (TPSA) is 78.8 Å². The van der Waals surface area contributed by atoms with E-state index in [1.165, 1.54) is 0 Å². The highest BCUT2D eigenvalue weighted by molar-refractivity contribution is 5.32. The van der Waals surface area contributed by atoms with E-state index in [4.69, 9.17) is 19.7 Å². The van der Waals surface area contributed by atoms with Gasteiger partial charge < -0.3 is 20.3 Å². The molecule has 5 nitrogen and oxygen atoms in total. The van der Waals surface area contributed by atoms with Crippen molar-refractivity contribution in [2.75, 3.05) is 26.3 Å².